The first kappa shape index (κ1) is 25.0. The molecule has 0 heterocycles. The van der Waals surface area contributed by atoms with Crippen molar-refractivity contribution in [2.45, 2.75) is 11.8 Å². The number of hydrogen-bond acceptors (Lipinski definition) is 8. The van der Waals surface area contributed by atoms with Crippen molar-refractivity contribution in [1.29, 1.82) is 10.7 Å². The highest BCUT2D eigenvalue weighted by Crippen LogP contribution is 2.35. The predicted octanol–water partition coefficient (Wildman–Crippen LogP) is 3.56. The molecule has 10 nitrogen and oxygen atoms in total. The molecule has 2 amide bonds. The standard InChI is InChI=1S/C24H19N5O5S/c1-12(30)28-15-5-3-14(4-6-15)16-9-20(31)18(10-21(16)35-27)22(26)23(32)29-19-7-2-13(11-25)8-17(19)24(33)34/h2-10,26,31H,27H2,1H3,(H,28,30)(H,29,32)(H,33,34). The number of carbonyl (C=O) groups excluding carboxylic acids is 2. The summed E-state index contributed by atoms with van der Waals surface area (Å²) in [7, 11) is 0. The van der Waals surface area contributed by atoms with E-state index >= 15 is 0 Å². The summed E-state index contributed by atoms with van der Waals surface area (Å²) in [5.74, 6) is -2.90. The molecule has 3 aromatic rings. The number of carboxylic acid groups (broad SMARTS) is 1. The van der Waals surface area contributed by atoms with Gasteiger partial charge < -0.3 is 20.8 Å². The number of phenolic OH excluding ortho intramolecular Hbond substituents is 1. The Morgan fingerprint density at radius 2 is 1.71 bits per heavy atom. The van der Waals surface area contributed by atoms with Crippen molar-refractivity contribution < 1.29 is 24.6 Å². The van der Waals surface area contributed by atoms with Gasteiger partial charge in [-0.2, -0.15) is 5.26 Å². The normalized spacial score (nSPS) is 10.2. The van der Waals surface area contributed by atoms with Gasteiger partial charge in [0.15, 0.2) is 0 Å². The number of phenols is 1. The van der Waals surface area contributed by atoms with Crippen LogP contribution in [0, 0.1) is 16.7 Å². The lowest BCUT2D eigenvalue weighted by Crippen LogP contribution is -2.24. The summed E-state index contributed by atoms with van der Waals surface area (Å²) in [6, 6.07) is 15.1. The van der Waals surface area contributed by atoms with E-state index in [4.69, 9.17) is 15.8 Å². The summed E-state index contributed by atoms with van der Waals surface area (Å²) in [5, 5.41) is 48.0. The zero-order chi connectivity index (χ0) is 25.7. The number of nitrogens with two attached hydrogens (primary N) is 1. The Morgan fingerprint density at radius 1 is 1.03 bits per heavy atom. The molecule has 0 fully saturated rings. The van der Waals surface area contributed by atoms with E-state index in [-0.39, 0.29) is 34.0 Å². The molecule has 3 aromatic carbocycles. The number of aromatic hydroxyl groups is 1. The first-order valence-electron chi connectivity index (χ1n) is 9.94. The Hall–Kier alpha value is -4.66. The van der Waals surface area contributed by atoms with Gasteiger partial charge in [-0.3, -0.25) is 20.1 Å². The summed E-state index contributed by atoms with van der Waals surface area (Å²) in [6.45, 7) is 1.39. The Bertz CT molecular complexity index is 1400. The van der Waals surface area contributed by atoms with Gasteiger partial charge in [0.1, 0.15) is 11.5 Å². The maximum atomic E-state index is 12.7. The van der Waals surface area contributed by atoms with E-state index in [0.717, 1.165) is 18.0 Å². The number of nitrogens with zero attached hydrogens (tertiary/aromatic N) is 1. The summed E-state index contributed by atoms with van der Waals surface area (Å²) >= 11 is 0.854. The number of benzene rings is 3. The number of carboxylic acids is 1. The summed E-state index contributed by atoms with van der Waals surface area (Å²) < 4.78 is 0. The molecule has 0 aliphatic heterocycles. The molecule has 0 aromatic heterocycles. The van der Waals surface area contributed by atoms with Gasteiger partial charge in [0.05, 0.1) is 22.9 Å². The first-order valence-corrected chi connectivity index (χ1v) is 10.8. The monoisotopic (exact) mass is 489 g/mol. The van der Waals surface area contributed by atoms with Crippen molar-refractivity contribution in [3.63, 3.8) is 0 Å². The lowest BCUT2D eigenvalue weighted by atomic mass is 10.00. The number of nitrogens with one attached hydrogen (secondary N) is 3. The summed E-state index contributed by atoms with van der Waals surface area (Å²) in [6.07, 6.45) is 0. The Labute approximate surface area is 204 Å². The van der Waals surface area contributed by atoms with E-state index in [9.17, 15) is 24.6 Å². The third-order valence-electron chi connectivity index (χ3n) is 4.86. The molecule has 0 atom stereocenters. The van der Waals surface area contributed by atoms with Crippen LogP contribution < -0.4 is 15.8 Å². The van der Waals surface area contributed by atoms with Crippen LogP contribution in [0.25, 0.3) is 11.1 Å². The fourth-order valence-corrected chi connectivity index (χ4v) is 3.72. The van der Waals surface area contributed by atoms with Gasteiger partial charge in [-0.25, -0.2) is 4.79 Å². The fraction of sp³-hybridized carbons (Fsp3) is 0.0417. The Kier molecular flexibility index (Phi) is 7.50. The van der Waals surface area contributed by atoms with Gasteiger partial charge in [0.25, 0.3) is 5.91 Å². The zero-order valence-corrected chi connectivity index (χ0v) is 19.1. The van der Waals surface area contributed by atoms with Crippen LogP contribution in [0.15, 0.2) is 59.5 Å². The topological polar surface area (TPSA) is 189 Å². The SMILES string of the molecule is CC(=O)Nc1ccc(-c2cc(O)c(C(=N)C(=O)Nc3ccc(C#N)cc3C(=O)O)cc2SN)cc1. The molecule has 0 aliphatic rings. The van der Waals surface area contributed by atoms with E-state index in [1.54, 1.807) is 24.3 Å². The van der Waals surface area contributed by atoms with Gasteiger partial charge >= 0.3 is 5.97 Å². The number of carbonyl (C=O) groups is 3. The molecule has 0 saturated carbocycles. The van der Waals surface area contributed by atoms with Crippen molar-refractivity contribution in [1.82, 2.24) is 0 Å². The van der Waals surface area contributed by atoms with E-state index < -0.39 is 17.6 Å². The number of nitriles is 1. The van der Waals surface area contributed by atoms with Crippen LogP contribution in [0.1, 0.15) is 28.4 Å². The van der Waals surface area contributed by atoms with Gasteiger partial charge in [-0.15, -0.1) is 0 Å². The fourth-order valence-electron chi connectivity index (χ4n) is 3.23. The first-order chi connectivity index (χ1) is 16.6. The molecule has 0 saturated heterocycles. The van der Waals surface area contributed by atoms with Crippen molar-refractivity contribution in [2.24, 2.45) is 5.14 Å². The Morgan fingerprint density at radius 3 is 2.29 bits per heavy atom. The maximum Gasteiger partial charge on any atom is 0.337 e. The molecule has 0 aliphatic carbocycles. The highest BCUT2D eigenvalue weighted by Gasteiger charge is 2.21. The molecular formula is C24H19N5O5S. The summed E-state index contributed by atoms with van der Waals surface area (Å²) in [4.78, 5) is 35.9. The number of amides is 2. The molecule has 3 rings (SSSR count). The van der Waals surface area contributed by atoms with Crippen LogP contribution >= 0.6 is 11.9 Å². The molecule has 7 N–H and O–H groups in total. The van der Waals surface area contributed by atoms with E-state index in [1.165, 1.54) is 31.2 Å². The van der Waals surface area contributed by atoms with E-state index in [0.29, 0.717) is 21.7 Å². The molecule has 176 valence electrons. The minimum Gasteiger partial charge on any atom is -0.507 e. The highest BCUT2D eigenvalue weighted by molar-refractivity contribution is 7.97. The third-order valence-corrected chi connectivity index (χ3v) is 5.46. The lowest BCUT2D eigenvalue weighted by Gasteiger charge is -2.14. The van der Waals surface area contributed by atoms with Gasteiger partial charge in [-0.05, 0) is 60.0 Å². The zero-order valence-electron chi connectivity index (χ0n) is 18.2. The highest BCUT2D eigenvalue weighted by atomic mass is 32.2. The molecule has 0 bridgehead atoms. The average molecular weight is 490 g/mol. The molecule has 0 unspecified atom stereocenters. The summed E-state index contributed by atoms with van der Waals surface area (Å²) in [5.41, 5.74) is 0.756. The second-order valence-electron chi connectivity index (χ2n) is 7.25. The number of aromatic carboxylic acids is 1. The molecule has 0 radical (unpaired) electrons. The van der Waals surface area contributed by atoms with Crippen LogP contribution in [0.3, 0.4) is 0 Å². The van der Waals surface area contributed by atoms with E-state index in [1.807, 2.05) is 6.07 Å². The van der Waals surface area contributed by atoms with Gasteiger partial charge in [0, 0.05) is 28.6 Å². The second kappa shape index (κ2) is 10.5. The van der Waals surface area contributed by atoms with Crippen molar-refractivity contribution >= 4 is 46.8 Å². The number of anilines is 2. The third kappa shape index (κ3) is 5.64. The van der Waals surface area contributed by atoms with Gasteiger partial charge in [0.2, 0.25) is 5.91 Å². The molecule has 11 heteroatoms. The average Bonchev–Trinajstić information content (AvgIpc) is 2.83. The van der Waals surface area contributed by atoms with Crippen LogP contribution in [0.5, 0.6) is 5.75 Å². The van der Waals surface area contributed by atoms with Crippen molar-refractivity contribution in [3.05, 3.63) is 71.3 Å². The quantitative estimate of drug-likeness (QED) is 0.214. The smallest absolute Gasteiger partial charge is 0.337 e. The minimum atomic E-state index is -1.36. The Balaban J connectivity index is 1.91. The maximum absolute atomic E-state index is 12.7. The van der Waals surface area contributed by atoms with E-state index in [2.05, 4.69) is 10.6 Å². The van der Waals surface area contributed by atoms with Crippen molar-refractivity contribution in [3.8, 4) is 22.9 Å². The molecular weight excluding hydrogens is 470 g/mol. The molecule has 35 heavy (non-hydrogen) atoms. The van der Waals surface area contributed by atoms with Crippen LogP contribution in [-0.4, -0.2) is 33.7 Å². The van der Waals surface area contributed by atoms with Crippen LogP contribution in [0.2, 0.25) is 0 Å². The largest absolute Gasteiger partial charge is 0.507 e. The lowest BCUT2D eigenvalue weighted by molar-refractivity contribution is -0.114. The number of rotatable bonds is 7. The van der Waals surface area contributed by atoms with Gasteiger partial charge in [-0.1, -0.05) is 12.1 Å². The van der Waals surface area contributed by atoms with Crippen LogP contribution in [-0.2, 0) is 9.59 Å². The predicted molar refractivity (Wildman–Crippen MR) is 131 cm³/mol. The van der Waals surface area contributed by atoms with Crippen LogP contribution in [0.4, 0.5) is 11.4 Å². The second-order valence-corrected chi connectivity index (χ2v) is 7.92. The minimum absolute atomic E-state index is 0.0958. The van der Waals surface area contributed by atoms with Crippen molar-refractivity contribution in [2.75, 3.05) is 10.6 Å². The molecule has 0 spiro atoms. The number of hydrogen-bond donors (Lipinski definition) is 6.